The summed E-state index contributed by atoms with van der Waals surface area (Å²) in [4.78, 5) is 39.7. The first kappa shape index (κ1) is 24.1. The third kappa shape index (κ3) is 5.52. The van der Waals surface area contributed by atoms with Gasteiger partial charge in [-0.05, 0) is 93.2 Å². The highest BCUT2D eigenvalue weighted by Gasteiger charge is 2.12. The Morgan fingerprint density at radius 3 is 2.56 bits per heavy atom. The first-order chi connectivity index (χ1) is 16.3. The van der Waals surface area contributed by atoms with Crippen LogP contribution in [0, 0.1) is 13.0 Å². The van der Waals surface area contributed by atoms with Gasteiger partial charge in [-0.1, -0.05) is 18.2 Å². The highest BCUT2D eigenvalue weighted by molar-refractivity contribution is 14.1. The summed E-state index contributed by atoms with van der Waals surface area (Å²) in [6, 6.07) is 15.8. The van der Waals surface area contributed by atoms with Crippen molar-refractivity contribution in [1.29, 1.82) is 0 Å². The normalized spacial score (nSPS) is 11.1. The van der Waals surface area contributed by atoms with Crippen molar-refractivity contribution in [3.8, 4) is 5.75 Å². The molecule has 8 nitrogen and oxygen atoms in total. The number of rotatable bonds is 6. The Balaban J connectivity index is 1.50. The number of nitrogens with zero attached hydrogens (tertiary/aromatic N) is 2. The predicted octanol–water partition coefficient (Wildman–Crippen LogP) is 3.94. The molecule has 1 aromatic heterocycles. The number of hydrogen-bond donors (Lipinski definition) is 2. The van der Waals surface area contributed by atoms with Crippen molar-refractivity contribution < 1.29 is 13.9 Å². The summed E-state index contributed by atoms with van der Waals surface area (Å²) in [5.41, 5.74) is 0.238. The Kier molecular flexibility index (Phi) is 7.41. The average Bonchev–Trinajstić information content (AvgIpc) is 2.78. The lowest BCUT2D eigenvalue weighted by Crippen LogP contribution is -2.32. The molecule has 2 N–H and O–H groups in total. The zero-order valence-electron chi connectivity index (χ0n) is 17.2. The number of anilines is 1. The molecule has 34 heavy (non-hydrogen) atoms. The van der Waals surface area contributed by atoms with Gasteiger partial charge in [-0.2, -0.15) is 5.10 Å². The molecule has 3 aromatic carbocycles. The summed E-state index contributed by atoms with van der Waals surface area (Å²) in [7, 11) is 0. The summed E-state index contributed by atoms with van der Waals surface area (Å²) < 4.78 is 21.1. The molecular formula is C23H15FI2N4O4. The molecular weight excluding hydrogens is 669 g/mol. The third-order valence-electron chi connectivity index (χ3n) is 4.58. The molecule has 0 atom stereocenters. The van der Waals surface area contributed by atoms with Gasteiger partial charge in [-0.3, -0.25) is 9.59 Å². The molecule has 4 aromatic rings. The van der Waals surface area contributed by atoms with Gasteiger partial charge in [0.05, 0.1) is 24.3 Å². The molecule has 0 fully saturated rings. The monoisotopic (exact) mass is 684 g/mol. The van der Waals surface area contributed by atoms with Crippen LogP contribution in [0.4, 0.5) is 10.1 Å². The van der Waals surface area contributed by atoms with Crippen LogP contribution in [0.3, 0.4) is 0 Å². The van der Waals surface area contributed by atoms with Crippen LogP contribution in [-0.2, 0) is 4.79 Å². The van der Waals surface area contributed by atoms with Crippen LogP contribution in [0.1, 0.15) is 5.56 Å². The molecule has 0 spiro atoms. The lowest BCUT2D eigenvalue weighted by atomic mass is 10.2. The fraction of sp³-hybridized carbons (Fsp3) is 0.0435. The number of amides is 1. The zero-order chi connectivity index (χ0) is 24.2. The van der Waals surface area contributed by atoms with Crippen LogP contribution in [0.5, 0.6) is 5.75 Å². The maximum Gasteiger partial charge on any atom is 0.349 e. The molecule has 172 valence electrons. The zero-order valence-corrected chi connectivity index (χ0v) is 21.5. The van der Waals surface area contributed by atoms with Gasteiger partial charge in [0, 0.05) is 5.69 Å². The molecule has 0 aliphatic carbocycles. The van der Waals surface area contributed by atoms with Crippen molar-refractivity contribution in [3.05, 3.63) is 100 Å². The molecule has 0 unspecified atom stereocenters. The Morgan fingerprint density at radius 1 is 1.09 bits per heavy atom. The maximum atomic E-state index is 13.3. The van der Waals surface area contributed by atoms with Gasteiger partial charge in [0.1, 0.15) is 11.6 Å². The van der Waals surface area contributed by atoms with E-state index in [1.165, 1.54) is 24.4 Å². The predicted molar refractivity (Wildman–Crippen MR) is 144 cm³/mol. The molecule has 4 rings (SSSR count). The number of hydrogen-bond acceptors (Lipinski definition) is 5. The van der Waals surface area contributed by atoms with Crippen molar-refractivity contribution in [1.82, 2.24) is 9.66 Å². The van der Waals surface area contributed by atoms with Crippen molar-refractivity contribution in [3.63, 3.8) is 0 Å². The second-order valence-electron chi connectivity index (χ2n) is 7.00. The SMILES string of the molecule is O=C(COc1c(I)cc(C=Nn2c(=O)[nH]c3ccccc3c2=O)cc1I)Nc1cccc(F)c1. The minimum absolute atomic E-state index is 0.266. The maximum absolute atomic E-state index is 13.3. The van der Waals surface area contributed by atoms with Gasteiger partial charge >= 0.3 is 5.69 Å². The molecule has 1 heterocycles. The standard InChI is InChI=1S/C23H15FI2N4O4/c24-14-4-3-5-15(10-14)28-20(31)12-34-21-17(25)8-13(9-18(21)26)11-27-30-22(32)16-6-1-2-7-19(16)29-23(30)33/h1-11H,12H2,(H,28,31)(H,29,33). The van der Waals surface area contributed by atoms with E-state index in [9.17, 15) is 18.8 Å². The minimum Gasteiger partial charge on any atom is -0.482 e. The Bertz CT molecular complexity index is 1530. The van der Waals surface area contributed by atoms with E-state index < -0.39 is 23.0 Å². The number of halogens is 3. The average molecular weight is 684 g/mol. The van der Waals surface area contributed by atoms with Crippen molar-refractivity contribution in [2.75, 3.05) is 11.9 Å². The van der Waals surface area contributed by atoms with Crippen molar-refractivity contribution >= 4 is 73.9 Å². The first-order valence-corrected chi connectivity index (χ1v) is 11.9. The second kappa shape index (κ2) is 10.5. The minimum atomic E-state index is -0.645. The largest absolute Gasteiger partial charge is 0.482 e. The number of para-hydroxylation sites is 1. The number of ether oxygens (including phenoxy) is 1. The molecule has 0 aliphatic rings. The summed E-state index contributed by atoms with van der Waals surface area (Å²) in [5, 5.41) is 6.98. The number of nitrogens with one attached hydrogen (secondary N) is 2. The van der Waals surface area contributed by atoms with Crippen molar-refractivity contribution in [2.45, 2.75) is 0 Å². The Hall–Kier alpha value is -3.07. The molecule has 0 bridgehead atoms. The lowest BCUT2D eigenvalue weighted by molar-refractivity contribution is -0.118. The lowest BCUT2D eigenvalue weighted by Gasteiger charge is -2.11. The van der Waals surface area contributed by atoms with Gasteiger partial charge in [0.2, 0.25) is 0 Å². The van der Waals surface area contributed by atoms with Crippen LogP contribution in [-0.4, -0.2) is 28.4 Å². The van der Waals surface area contributed by atoms with E-state index in [4.69, 9.17) is 4.74 Å². The molecule has 0 radical (unpaired) electrons. The van der Waals surface area contributed by atoms with E-state index in [2.05, 4.69) is 60.6 Å². The number of aromatic nitrogens is 2. The third-order valence-corrected chi connectivity index (χ3v) is 6.19. The molecule has 0 saturated heterocycles. The molecule has 1 amide bonds. The van der Waals surface area contributed by atoms with Crippen LogP contribution in [0.25, 0.3) is 10.9 Å². The Morgan fingerprint density at radius 2 is 1.82 bits per heavy atom. The highest BCUT2D eigenvalue weighted by Crippen LogP contribution is 2.28. The highest BCUT2D eigenvalue weighted by atomic mass is 127. The summed E-state index contributed by atoms with van der Waals surface area (Å²) >= 11 is 4.11. The summed E-state index contributed by atoms with van der Waals surface area (Å²) in [5.74, 6) is -0.390. The Labute approximate surface area is 219 Å². The topological polar surface area (TPSA) is 106 Å². The fourth-order valence-electron chi connectivity index (χ4n) is 3.08. The van der Waals surface area contributed by atoms with Crippen LogP contribution in [0.2, 0.25) is 0 Å². The second-order valence-corrected chi connectivity index (χ2v) is 9.32. The van der Waals surface area contributed by atoms with E-state index in [1.54, 1.807) is 42.5 Å². The van der Waals surface area contributed by atoms with Crippen LogP contribution in [0.15, 0.2) is 75.4 Å². The number of H-pyrrole nitrogens is 1. The fourth-order valence-corrected chi connectivity index (χ4v) is 5.20. The van der Waals surface area contributed by atoms with Gasteiger partial charge in [-0.15, -0.1) is 4.68 Å². The van der Waals surface area contributed by atoms with Crippen LogP contribution < -0.4 is 21.3 Å². The van der Waals surface area contributed by atoms with Gasteiger partial charge in [-0.25, -0.2) is 9.18 Å². The van der Waals surface area contributed by atoms with Gasteiger partial charge in [0.25, 0.3) is 11.5 Å². The summed E-state index contributed by atoms with van der Waals surface area (Å²) in [6.07, 6.45) is 1.40. The van der Waals surface area contributed by atoms with Crippen molar-refractivity contribution in [2.24, 2.45) is 5.10 Å². The number of carbonyl (C=O) groups is 1. The summed E-state index contributed by atoms with van der Waals surface area (Å²) in [6.45, 7) is -0.266. The molecule has 0 aliphatic heterocycles. The first-order valence-electron chi connectivity index (χ1n) is 9.77. The van der Waals surface area contributed by atoms with E-state index >= 15 is 0 Å². The van der Waals surface area contributed by atoms with Gasteiger partial charge in [0.15, 0.2) is 6.61 Å². The number of aromatic amines is 1. The van der Waals surface area contributed by atoms with E-state index in [0.717, 1.165) is 4.68 Å². The van der Waals surface area contributed by atoms with Gasteiger partial charge < -0.3 is 15.0 Å². The molecule has 11 heteroatoms. The van der Waals surface area contributed by atoms with E-state index in [0.29, 0.717) is 35.0 Å². The van der Waals surface area contributed by atoms with E-state index in [1.807, 2.05) is 0 Å². The smallest absolute Gasteiger partial charge is 0.349 e. The number of carbonyl (C=O) groups excluding carboxylic acids is 1. The number of benzene rings is 3. The van der Waals surface area contributed by atoms with E-state index in [-0.39, 0.29) is 6.61 Å². The van der Waals surface area contributed by atoms with Crippen LogP contribution >= 0.6 is 45.2 Å². The number of fused-ring (bicyclic) bond motifs is 1. The molecule has 0 saturated carbocycles. The quantitative estimate of drug-likeness (QED) is 0.237.